The molecule has 0 bridgehead atoms. The number of hydrogen-bond donors (Lipinski definition) is 1. The summed E-state index contributed by atoms with van der Waals surface area (Å²) in [5.41, 5.74) is 0.596. The summed E-state index contributed by atoms with van der Waals surface area (Å²) in [6.45, 7) is 4.92. The topological polar surface area (TPSA) is 38.3 Å². The molecule has 0 atom stereocenters. The Morgan fingerprint density at radius 3 is 2.43 bits per heavy atom. The second kappa shape index (κ2) is 5.37. The molecule has 1 heterocycles. The van der Waals surface area contributed by atoms with Gasteiger partial charge in [0.25, 0.3) is 0 Å². The largest absolute Gasteiger partial charge is 0.381 e. The Kier molecular flexibility index (Phi) is 4.42. The molecular weight excluding hydrogens is 202 g/mol. The van der Waals surface area contributed by atoms with Crippen molar-refractivity contribution in [3.05, 3.63) is 10.6 Å². The fourth-order valence-corrected chi connectivity index (χ4v) is 1.38. The van der Waals surface area contributed by atoms with Gasteiger partial charge in [0.05, 0.1) is 0 Å². The lowest BCUT2D eigenvalue weighted by Gasteiger charge is -2.23. The van der Waals surface area contributed by atoms with Gasteiger partial charge in [0.15, 0.2) is 0 Å². The van der Waals surface area contributed by atoms with Gasteiger partial charge < -0.3 is 10.1 Å². The van der Waals surface area contributed by atoms with Crippen molar-refractivity contribution in [2.24, 2.45) is 0 Å². The Hall–Kier alpha value is -0.540. The van der Waals surface area contributed by atoms with E-state index in [0.717, 1.165) is 26.1 Å². The van der Waals surface area contributed by atoms with Gasteiger partial charge >= 0.3 is 0 Å². The van der Waals surface area contributed by atoms with Gasteiger partial charge in [0.1, 0.15) is 0 Å². The molecule has 0 aromatic carbocycles. The van der Waals surface area contributed by atoms with E-state index in [1.54, 1.807) is 13.8 Å². The first-order valence-corrected chi connectivity index (χ1v) is 5.20. The van der Waals surface area contributed by atoms with Gasteiger partial charge in [-0.2, -0.15) is 0 Å². The molecule has 1 aliphatic rings. The molecule has 1 rings (SSSR count). The van der Waals surface area contributed by atoms with Crippen molar-refractivity contribution in [2.45, 2.75) is 32.7 Å². The van der Waals surface area contributed by atoms with Gasteiger partial charge in [-0.05, 0) is 26.7 Å². The monoisotopic (exact) mass is 217 g/mol. The zero-order valence-electron chi connectivity index (χ0n) is 8.60. The molecule has 0 aromatic rings. The molecule has 14 heavy (non-hydrogen) atoms. The Bertz CT molecular complexity index is 241. The zero-order valence-corrected chi connectivity index (χ0v) is 9.36. The Balaban J connectivity index is 2.43. The third-order valence-electron chi connectivity index (χ3n) is 2.41. The van der Waals surface area contributed by atoms with Gasteiger partial charge in [-0.25, -0.2) is 0 Å². The minimum atomic E-state index is -0.0654. The van der Waals surface area contributed by atoms with Crippen molar-refractivity contribution in [2.75, 3.05) is 13.2 Å². The van der Waals surface area contributed by atoms with Crippen LogP contribution in [0, 0.1) is 0 Å². The third-order valence-corrected chi connectivity index (χ3v) is 2.70. The fourth-order valence-electron chi connectivity index (χ4n) is 1.29. The van der Waals surface area contributed by atoms with Crippen LogP contribution in [0.1, 0.15) is 26.7 Å². The third kappa shape index (κ3) is 3.31. The van der Waals surface area contributed by atoms with E-state index in [9.17, 15) is 4.79 Å². The van der Waals surface area contributed by atoms with E-state index in [2.05, 4.69) is 5.32 Å². The molecule has 0 spiro atoms. The zero-order chi connectivity index (χ0) is 10.6. The summed E-state index contributed by atoms with van der Waals surface area (Å²) in [4.78, 5) is 11.6. The average Bonchev–Trinajstić information content (AvgIpc) is 2.18. The van der Waals surface area contributed by atoms with Gasteiger partial charge in [0, 0.05) is 29.9 Å². The van der Waals surface area contributed by atoms with Crippen LogP contribution < -0.4 is 5.32 Å². The van der Waals surface area contributed by atoms with E-state index in [4.69, 9.17) is 16.3 Å². The molecule has 0 saturated carbocycles. The highest BCUT2D eigenvalue weighted by atomic mass is 35.5. The maximum atomic E-state index is 11.6. The summed E-state index contributed by atoms with van der Waals surface area (Å²) in [7, 11) is 0. The van der Waals surface area contributed by atoms with Crippen molar-refractivity contribution < 1.29 is 9.53 Å². The first-order valence-electron chi connectivity index (χ1n) is 4.83. The second-order valence-electron chi connectivity index (χ2n) is 3.52. The van der Waals surface area contributed by atoms with Crippen LogP contribution in [0.4, 0.5) is 0 Å². The highest BCUT2D eigenvalue weighted by Gasteiger charge is 2.17. The molecule has 1 aliphatic heterocycles. The number of hydrogen-bond acceptors (Lipinski definition) is 2. The van der Waals surface area contributed by atoms with E-state index in [1.165, 1.54) is 0 Å². The van der Waals surface area contributed by atoms with Crippen LogP contribution in [0.15, 0.2) is 10.6 Å². The van der Waals surface area contributed by atoms with E-state index < -0.39 is 0 Å². The second-order valence-corrected chi connectivity index (χ2v) is 4.09. The van der Waals surface area contributed by atoms with Crippen LogP contribution in [0.5, 0.6) is 0 Å². The minimum Gasteiger partial charge on any atom is -0.381 e. The lowest BCUT2D eigenvalue weighted by Crippen LogP contribution is -2.39. The molecule has 1 N–H and O–H groups in total. The predicted molar refractivity (Wildman–Crippen MR) is 56.2 cm³/mol. The number of nitrogens with one attached hydrogen (secondary N) is 1. The first kappa shape index (κ1) is 11.5. The van der Waals surface area contributed by atoms with Crippen molar-refractivity contribution in [1.82, 2.24) is 5.32 Å². The molecule has 80 valence electrons. The molecule has 0 aliphatic carbocycles. The van der Waals surface area contributed by atoms with Crippen LogP contribution in [0.2, 0.25) is 0 Å². The number of ether oxygens (including phenoxy) is 1. The number of allylic oxidation sites excluding steroid dienone is 1. The van der Waals surface area contributed by atoms with Gasteiger partial charge in [0.2, 0.25) is 5.91 Å². The van der Waals surface area contributed by atoms with E-state index in [1.807, 2.05) is 0 Å². The maximum Gasteiger partial charge on any atom is 0.248 e. The van der Waals surface area contributed by atoms with Crippen molar-refractivity contribution >= 4 is 17.5 Å². The highest BCUT2D eigenvalue weighted by Crippen LogP contribution is 2.10. The number of carbonyl (C=O) groups is 1. The summed E-state index contributed by atoms with van der Waals surface area (Å²) >= 11 is 5.73. The Morgan fingerprint density at radius 2 is 1.93 bits per heavy atom. The molecule has 0 unspecified atom stereocenters. The van der Waals surface area contributed by atoms with Crippen LogP contribution in [-0.4, -0.2) is 25.2 Å². The summed E-state index contributed by atoms with van der Waals surface area (Å²) in [6.07, 6.45) is 1.78. The molecule has 0 radical (unpaired) electrons. The summed E-state index contributed by atoms with van der Waals surface area (Å²) in [5.74, 6) is -0.0654. The quantitative estimate of drug-likeness (QED) is 0.717. The summed E-state index contributed by atoms with van der Waals surface area (Å²) < 4.78 is 5.20. The minimum absolute atomic E-state index is 0.0654. The molecule has 3 nitrogen and oxygen atoms in total. The van der Waals surface area contributed by atoms with Crippen LogP contribution in [0.25, 0.3) is 0 Å². The van der Waals surface area contributed by atoms with E-state index in [-0.39, 0.29) is 11.9 Å². The number of amides is 1. The SMILES string of the molecule is CC(Cl)=C(C)C(=O)NC1CCOCC1. The molecule has 0 aromatic heterocycles. The van der Waals surface area contributed by atoms with Crippen LogP contribution in [-0.2, 0) is 9.53 Å². The molecule has 1 fully saturated rings. The van der Waals surface area contributed by atoms with Gasteiger partial charge in [-0.15, -0.1) is 0 Å². The Morgan fingerprint density at radius 1 is 1.36 bits per heavy atom. The molecular formula is C10H16ClNO2. The summed E-state index contributed by atoms with van der Waals surface area (Å²) in [5, 5.41) is 3.49. The maximum absolute atomic E-state index is 11.6. The first-order chi connectivity index (χ1) is 6.61. The molecule has 4 heteroatoms. The average molecular weight is 218 g/mol. The fraction of sp³-hybridized carbons (Fsp3) is 0.700. The van der Waals surface area contributed by atoms with Crippen LogP contribution in [0.3, 0.4) is 0 Å². The van der Waals surface area contributed by atoms with Crippen molar-refractivity contribution in [3.63, 3.8) is 0 Å². The highest BCUT2D eigenvalue weighted by molar-refractivity contribution is 6.31. The standard InChI is InChI=1S/C10H16ClNO2/c1-7(8(2)11)10(13)12-9-3-5-14-6-4-9/h9H,3-6H2,1-2H3,(H,12,13). The lowest BCUT2D eigenvalue weighted by molar-refractivity contribution is -0.118. The molecule has 1 amide bonds. The van der Waals surface area contributed by atoms with Crippen LogP contribution >= 0.6 is 11.6 Å². The smallest absolute Gasteiger partial charge is 0.248 e. The van der Waals surface area contributed by atoms with E-state index >= 15 is 0 Å². The number of rotatable bonds is 2. The Labute approximate surface area is 89.5 Å². The number of carbonyl (C=O) groups excluding carboxylic acids is 1. The van der Waals surface area contributed by atoms with E-state index in [0.29, 0.717) is 10.6 Å². The van der Waals surface area contributed by atoms with Crippen molar-refractivity contribution in [3.8, 4) is 0 Å². The van der Waals surface area contributed by atoms with Gasteiger partial charge in [-0.1, -0.05) is 11.6 Å². The van der Waals surface area contributed by atoms with Gasteiger partial charge in [-0.3, -0.25) is 4.79 Å². The molecule has 1 saturated heterocycles. The predicted octanol–water partition coefficient (Wildman–Crippen LogP) is 1.81. The summed E-state index contributed by atoms with van der Waals surface area (Å²) in [6, 6.07) is 0.238. The lowest BCUT2D eigenvalue weighted by atomic mass is 10.1. The normalized spacial score (nSPS) is 20.2. The van der Waals surface area contributed by atoms with Crippen molar-refractivity contribution in [1.29, 1.82) is 0 Å². The number of halogens is 1.